The Hall–Kier alpha value is -0.380. The van der Waals surface area contributed by atoms with E-state index in [-0.39, 0.29) is 6.61 Å². The zero-order chi connectivity index (χ0) is 11.4. The minimum atomic E-state index is -0.966. The smallest absolute Gasteiger partial charge is 0.103 e. The molecule has 0 aromatic carbocycles. The molecular formula is C11H24O3. The topological polar surface area (TPSA) is 60.7 Å². The molecule has 3 nitrogen and oxygen atoms in total. The second kappa shape index (κ2) is 12.6. The van der Waals surface area contributed by atoms with Crippen LogP contribution >= 0.6 is 0 Å². The van der Waals surface area contributed by atoms with Crippen LogP contribution in [0.3, 0.4) is 0 Å². The highest BCUT2D eigenvalue weighted by Gasteiger charge is 2.13. The summed E-state index contributed by atoms with van der Waals surface area (Å²) in [5.41, 5.74) is 0. The van der Waals surface area contributed by atoms with Crippen LogP contribution in [-0.2, 0) is 0 Å². The van der Waals surface area contributed by atoms with Crippen LogP contribution in [0, 0.1) is 0 Å². The van der Waals surface area contributed by atoms with Gasteiger partial charge >= 0.3 is 0 Å². The van der Waals surface area contributed by atoms with Crippen LogP contribution < -0.4 is 0 Å². The van der Waals surface area contributed by atoms with Gasteiger partial charge in [-0.2, -0.15) is 0 Å². The van der Waals surface area contributed by atoms with Gasteiger partial charge in [0.25, 0.3) is 0 Å². The minimum Gasteiger partial charge on any atom is -0.394 e. The number of unbranched alkanes of at least 4 members (excludes halogenated alkanes) is 3. The molecule has 3 N–H and O–H groups in total. The van der Waals surface area contributed by atoms with E-state index in [1.807, 2.05) is 0 Å². The van der Waals surface area contributed by atoms with Gasteiger partial charge < -0.3 is 15.3 Å². The van der Waals surface area contributed by atoms with E-state index < -0.39 is 12.2 Å². The van der Waals surface area contributed by atoms with Gasteiger partial charge in [-0.1, -0.05) is 32.6 Å². The maximum absolute atomic E-state index is 9.21. The van der Waals surface area contributed by atoms with Crippen molar-refractivity contribution in [1.29, 1.82) is 0 Å². The summed E-state index contributed by atoms with van der Waals surface area (Å²) in [5, 5.41) is 26.7. The van der Waals surface area contributed by atoms with Crippen LogP contribution in [-0.4, -0.2) is 34.1 Å². The molecule has 14 heavy (non-hydrogen) atoms. The quantitative estimate of drug-likeness (QED) is 0.435. The maximum atomic E-state index is 9.21. The fraction of sp³-hybridized carbons (Fsp3) is 0.818. The third kappa shape index (κ3) is 9.71. The molecule has 0 amide bonds. The van der Waals surface area contributed by atoms with Crippen molar-refractivity contribution < 1.29 is 15.3 Å². The third-order valence-electron chi connectivity index (χ3n) is 1.98. The molecule has 2 atom stereocenters. The standard InChI is InChI=1S/C9H20O3.C2H4/c1-2-3-4-5-6-8(11)9(12)7-10;1-2/h8-12H,2-7H2,1H3;1-2H2. The molecule has 0 saturated carbocycles. The van der Waals surface area contributed by atoms with Crippen LogP contribution in [0.1, 0.15) is 39.0 Å². The summed E-state index contributed by atoms with van der Waals surface area (Å²) in [5.74, 6) is 0. The van der Waals surface area contributed by atoms with Gasteiger partial charge in [0, 0.05) is 0 Å². The molecule has 0 spiro atoms. The SMILES string of the molecule is C=C.CCCCCCC(O)C(O)CO. The molecule has 0 radical (unpaired) electrons. The summed E-state index contributed by atoms with van der Waals surface area (Å²) >= 11 is 0. The Morgan fingerprint density at radius 2 is 1.57 bits per heavy atom. The average molecular weight is 204 g/mol. The highest BCUT2D eigenvalue weighted by Crippen LogP contribution is 2.07. The van der Waals surface area contributed by atoms with E-state index in [0.29, 0.717) is 6.42 Å². The van der Waals surface area contributed by atoms with Gasteiger partial charge in [0.2, 0.25) is 0 Å². The molecule has 0 aliphatic heterocycles. The van der Waals surface area contributed by atoms with E-state index in [9.17, 15) is 5.11 Å². The monoisotopic (exact) mass is 204 g/mol. The fourth-order valence-electron chi connectivity index (χ4n) is 1.09. The maximum Gasteiger partial charge on any atom is 0.103 e. The summed E-state index contributed by atoms with van der Waals surface area (Å²) in [4.78, 5) is 0. The molecular weight excluding hydrogens is 180 g/mol. The van der Waals surface area contributed by atoms with Crippen LogP contribution in [0.15, 0.2) is 13.2 Å². The van der Waals surface area contributed by atoms with Crippen LogP contribution in [0.25, 0.3) is 0 Å². The second-order valence-electron chi connectivity index (χ2n) is 3.17. The first-order valence-electron chi connectivity index (χ1n) is 5.19. The van der Waals surface area contributed by atoms with E-state index in [2.05, 4.69) is 20.1 Å². The number of hydrogen-bond donors (Lipinski definition) is 3. The van der Waals surface area contributed by atoms with Crippen molar-refractivity contribution in [3.05, 3.63) is 13.2 Å². The van der Waals surface area contributed by atoms with Gasteiger partial charge in [-0.05, 0) is 6.42 Å². The zero-order valence-electron chi connectivity index (χ0n) is 9.15. The molecule has 0 fully saturated rings. The van der Waals surface area contributed by atoms with E-state index in [0.717, 1.165) is 12.8 Å². The summed E-state index contributed by atoms with van der Waals surface area (Å²) in [7, 11) is 0. The van der Waals surface area contributed by atoms with Gasteiger partial charge in [0.1, 0.15) is 6.10 Å². The molecule has 0 bridgehead atoms. The fourth-order valence-corrected chi connectivity index (χ4v) is 1.09. The average Bonchev–Trinajstić information content (AvgIpc) is 2.25. The van der Waals surface area contributed by atoms with Gasteiger partial charge in [-0.15, -0.1) is 13.2 Å². The van der Waals surface area contributed by atoms with Gasteiger partial charge in [0.15, 0.2) is 0 Å². The molecule has 0 aliphatic rings. The van der Waals surface area contributed by atoms with Crippen molar-refractivity contribution in [1.82, 2.24) is 0 Å². The van der Waals surface area contributed by atoms with Gasteiger partial charge in [-0.3, -0.25) is 0 Å². The first kappa shape index (κ1) is 16.1. The number of aliphatic hydroxyl groups is 3. The lowest BCUT2D eigenvalue weighted by Crippen LogP contribution is -2.28. The zero-order valence-corrected chi connectivity index (χ0v) is 9.15. The molecule has 0 aliphatic carbocycles. The highest BCUT2D eigenvalue weighted by atomic mass is 16.4. The lowest BCUT2D eigenvalue weighted by molar-refractivity contribution is -0.0185. The van der Waals surface area contributed by atoms with E-state index in [4.69, 9.17) is 10.2 Å². The van der Waals surface area contributed by atoms with Crippen molar-refractivity contribution >= 4 is 0 Å². The van der Waals surface area contributed by atoms with Gasteiger partial charge in [0.05, 0.1) is 12.7 Å². The van der Waals surface area contributed by atoms with Crippen molar-refractivity contribution in [2.75, 3.05) is 6.61 Å². The first-order valence-corrected chi connectivity index (χ1v) is 5.19. The molecule has 0 aromatic rings. The Labute approximate surface area is 87.1 Å². The Bertz CT molecular complexity index is 107. The second-order valence-corrected chi connectivity index (χ2v) is 3.17. The van der Waals surface area contributed by atoms with Crippen molar-refractivity contribution in [3.8, 4) is 0 Å². The third-order valence-corrected chi connectivity index (χ3v) is 1.98. The summed E-state index contributed by atoms with van der Waals surface area (Å²) in [6.07, 6.45) is 3.21. The highest BCUT2D eigenvalue weighted by molar-refractivity contribution is 4.65. The molecule has 0 heterocycles. The van der Waals surface area contributed by atoms with Crippen LogP contribution in [0.5, 0.6) is 0 Å². The molecule has 86 valence electrons. The summed E-state index contributed by atoms with van der Waals surface area (Å²) in [6, 6.07) is 0. The normalized spacial score (nSPS) is 14.0. The van der Waals surface area contributed by atoms with Crippen molar-refractivity contribution in [3.63, 3.8) is 0 Å². The number of rotatable bonds is 7. The van der Waals surface area contributed by atoms with Crippen molar-refractivity contribution in [2.45, 2.75) is 51.2 Å². The Balaban J connectivity index is 0. The minimum absolute atomic E-state index is 0.352. The lowest BCUT2D eigenvalue weighted by Gasteiger charge is -2.14. The number of hydrogen-bond acceptors (Lipinski definition) is 3. The predicted molar refractivity (Wildman–Crippen MR) is 59.1 cm³/mol. The summed E-state index contributed by atoms with van der Waals surface area (Å²) in [6.45, 7) is 7.77. The Morgan fingerprint density at radius 3 is 2.00 bits per heavy atom. The van der Waals surface area contributed by atoms with E-state index in [1.54, 1.807) is 0 Å². The molecule has 0 aromatic heterocycles. The van der Waals surface area contributed by atoms with E-state index in [1.165, 1.54) is 12.8 Å². The van der Waals surface area contributed by atoms with E-state index >= 15 is 0 Å². The summed E-state index contributed by atoms with van der Waals surface area (Å²) < 4.78 is 0. The van der Waals surface area contributed by atoms with Crippen molar-refractivity contribution in [2.24, 2.45) is 0 Å². The molecule has 0 rings (SSSR count). The van der Waals surface area contributed by atoms with Gasteiger partial charge in [-0.25, -0.2) is 0 Å². The lowest BCUT2D eigenvalue weighted by atomic mass is 10.1. The van der Waals surface area contributed by atoms with Crippen LogP contribution in [0.4, 0.5) is 0 Å². The molecule has 2 unspecified atom stereocenters. The molecule has 3 heteroatoms. The largest absolute Gasteiger partial charge is 0.394 e. The Kier molecular flexibility index (Phi) is 14.5. The Morgan fingerprint density at radius 1 is 1.00 bits per heavy atom. The predicted octanol–water partition coefficient (Wildman–Crippen LogP) is 1.47. The first-order chi connectivity index (χ1) is 6.72. The molecule has 0 saturated heterocycles. The van der Waals surface area contributed by atoms with Crippen LogP contribution in [0.2, 0.25) is 0 Å². The number of aliphatic hydroxyl groups excluding tert-OH is 3.